The second-order valence-electron chi connectivity index (χ2n) is 6.93. The molecule has 0 saturated carbocycles. The summed E-state index contributed by atoms with van der Waals surface area (Å²) in [6.07, 6.45) is 3.79. The van der Waals surface area contributed by atoms with Gasteiger partial charge in [-0.1, -0.05) is 6.42 Å². The Morgan fingerprint density at radius 1 is 1.19 bits per heavy atom. The van der Waals surface area contributed by atoms with E-state index in [0.29, 0.717) is 19.4 Å². The van der Waals surface area contributed by atoms with Crippen LogP contribution in [0.25, 0.3) is 0 Å². The Balaban J connectivity index is 1.78. The molecule has 2 fully saturated rings. The van der Waals surface area contributed by atoms with Gasteiger partial charge in [0.15, 0.2) is 0 Å². The Bertz CT molecular complexity index is 790. The van der Waals surface area contributed by atoms with Crippen molar-refractivity contribution in [3.63, 3.8) is 0 Å². The number of piperidine rings is 2. The van der Waals surface area contributed by atoms with E-state index in [1.807, 2.05) is 0 Å². The lowest BCUT2D eigenvalue weighted by molar-refractivity contribution is -0.384. The Morgan fingerprint density at radius 2 is 1.93 bits per heavy atom. The summed E-state index contributed by atoms with van der Waals surface area (Å²) < 4.78 is 27.3. The van der Waals surface area contributed by atoms with Crippen molar-refractivity contribution in [1.82, 2.24) is 14.9 Å². The lowest BCUT2D eigenvalue weighted by atomic mass is 10.0. The molecule has 0 bridgehead atoms. The van der Waals surface area contributed by atoms with Crippen LogP contribution in [0.15, 0.2) is 29.2 Å². The van der Waals surface area contributed by atoms with E-state index in [1.54, 1.807) is 0 Å². The van der Waals surface area contributed by atoms with Crippen molar-refractivity contribution in [2.24, 2.45) is 0 Å². The van der Waals surface area contributed by atoms with Crippen molar-refractivity contribution in [3.05, 3.63) is 34.4 Å². The molecule has 1 amide bonds. The fraction of sp³-hybridized carbons (Fsp3) is 0.588. The molecule has 1 aromatic rings. The highest BCUT2D eigenvalue weighted by molar-refractivity contribution is 7.89. The number of rotatable bonds is 5. The van der Waals surface area contributed by atoms with Crippen molar-refractivity contribution in [2.45, 2.75) is 49.1 Å². The van der Waals surface area contributed by atoms with Crippen LogP contribution in [0.3, 0.4) is 0 Å². The van der Waals surface area contributed by atoms with Crippen LogP contribution in [0.5, 0.6) is 0 Å². The zero-order valence-corrected chi connectivity index (χ0v) is 15.8. The number of non-ortho nitro benzene ring substituents is 1. The summed E-state index contributed by atoms with van der Waals surface area (Å²) in [5.41, 5.74) is -0.174. The Labute approximate surface area is 158 Å². The van der Waals surface area contributed by atoms with Gasteiger partial charge in [0, 0.05) is 31.3 Å². The SMILES string of the molecule is O=C(NC1CCCNC1)C1CCCCN1S(=O)(=O)c1ccc([N+](=O)[O-])cc1. The van der Waals surface area contributed by atoms with Gasteiger partial charge in [-0.25, -0.2) is 8.42 Å². The lowest BCUT2D eigenvalue weighted by Crippen LogP contribution is -2.55. The molecule has 9 nitrogen and oxygen atoms in total. The second kappa shape index (κ2) is 8.32. The van der Waals surface area contributed by atoms with Gasteiger partial charge in [-0.3, -0.25) is 14.9 Å². The topological polar surface area (TPSA) is 122 Å². The van der Waals surface area contributed by atoms with Crippen molar-refractivity contribution in [1.29, 1.82) is 0 Å². The fourth-order valence-corrected chi connectivity index (χ4v) is 5.26. The number of carbonyl (C=O) groups is 1. The zero-order chi connectivity index (χ0) is 19.4. The van der Waals surface area contributed by atoms with Gasteiger partial charge in [-0.05, 0) is 44.4 Å². The minimum atomic E-state index is -3.91. The van der Waals surface area contributed by atoms with Crippen LogP contribution in [0.1, 0.15) is 32.1 Å². The first-order valence-corrected chi connectivity index (χ1v) is 10.6. The summed E-state index contributed by atoms with van der Waals surface area (Å²) in [7, 11) is -3.91. The molecule has 0 radical (unpaired) electrons. The highest BCUT2D eigenvalue weighted by Crippen LogP contribution is 2.27. The van der Waals surface area contributed by atoms with E-state index in [-0.39, 0.29) is 29.1 Å². The molecule has 3 rings (SSSR count). The van der Waals surface area contributed by atoms with Crippen molar-refractivity contribution >= 4 is 21.6 Å². The molecule has 1 aromatic carbocycles. The van der Waals surface area contributed by atoms with E-state index >= 15 is 0 Å². The molecule has 27 heavy (non-hydrogen) atoms. The molecule has 2 aliphatic heterocycles. The number of nitrogens with one attached hydrogen (secondary N) is 2. The molecule has 0 spiro atoms. The quantitative estimate of drug-likeness (QED) is 0.566. The maximum absolute atomic E-state index is 13.0. The Hall–Kier alpha value is -2.04. The molecular formula is C17H24N4O5S. The highest BCUT2D eigenvalue weighted by atomic mass is 32.2. The molecule has 0 aliphatic carbocycles. The van der Waals surface area contributed by atoms with Gasteiger partial charge in [0.25, 0.3) is 5.69 Å². The minimum absolute atomic E-state index is 0.0112. The summed E-state index contributed by atoms with van der Waals surface area (Å²) in [6.45, 7) is 1.88. The number of nitrogens with zero attached hydrogens (tertiary/aromatic N) is 2. The van der Waals surface area contributed by atoms with Gasteiger partial charge in [0.05, 0.1) is 9.82 Å². The van der Waals surface area contributed by atoms with Gasteiger partial charge < -0.3 is 10.6 Å². The number of hydrogen-bond acceptors (Lipinski definition) is 6. The Kier molecular flexibility index (Phi) is 6.08. The van der Waals surface area contributed by atoms with Crippen LogP contribution in [-0.2, 0) is 14.8 Å². The predicted octanol–water partition coefficient (Wildman–Crippen LogP) is 1.01. The summed E-state index contributed by atoms with van der Waals surface area (Å²) in [5, 5.41) is 17.0. The summed E-state index contributed by atoms with van der Waals surface area (Å²) in [6, 6.07) is 4.04. The third kappa shape index (κ3) is 4.45. The molecular weight excluding hydrogens is 372 g/mol. The number of carbonyl (C=O) groups excluding carboxylic acids is 1. The number of nitro benzene ring substituents is 1. The molecule has 2 N–H and O–H groups in total. The third-order valence-electron chi connectivity index (χ3n) is 5.05. The number of sulfonamides is 1. The number of benzene rings is 1. The lowest BCUT2D eigenvalue weighted by Gasteiger charge is -2.35. The van der Waals surface area contributed by atoms with Gasteiger partial charge in [0.1, 0.15) is 6.04 Å². The first kappa shape index (κ1) is 19.7. The van der Waals surface area contributed by atoms with E-state index in [1.165, 1.54) is 28.6 Å². The first-order chi connectivity index (χ1) is 12.9. The average Bonchev–Trinajstić information content (AvgIpc) is 2.69. The zero-order valence-electron chi connectivity index (χ0n) is 15.0. The van der Waals surface area contributed by atoms with Gasteiger partial charge in [-0.2, -0.15) is 4.31 Å². The van der Waals surface area contributed by atoms with Gasteiger partial charge in [0.2, 0.25) is 15.9 Å². The minimum Gasteiger partial charge on any atom is -0.351 e. The molecule has 2 unspecified atom stereocenters. The largest absolute Gasteiger partial charge is 0.351 e. The van der Waals surface area contributed by atoms with Gasteiger partial charge in [-0.15, -0.1) is 0 Å². The molecule has 2 saturated heterocycles. The maximum atomic E-state index is 13.0. The van der Waals surface area contributed by atoms with E-state index in [9.17, 15) is 23.3 Å². The van der Waals surface area contributed by atoms with Crippen LogP contribution < -0.4 is 10.6 Å². The maximum Gasteiger partial charge on any atom is 0.269 e. The standard InChI is InChI=1S/C17H24N4O5S/c22-17(19-13-4-3-10-18-12-13)16-5-1-2-11-20(16)27(25,26)15-8-6-14(7-9-15)21(23)24/h6-9,13,16,18H,1-5,10-12H2,(H,19,22). The average molecular weight is 396 g/mol. The molecule has 2 atom stereocenters. The normalized spacial score (nSPS) is 24.3. The molecule has 2 aliphatic rings. The molecule has 148 valence electrons. The smallest absolute Gasteiger partial charge is 0.269 e. The molecule has 2 heterocycles. The van der Waals surface area contributed by atoms with Crippen LogP contribution in [0, 0.1) is 10.1 Å². The highest BCUT2D eigenvalue weighted by Gasteiger charge is 2.38. The summed E-state index contributed by atoms with van der Waals surface area (Å²) >= 11 is 0. The first-order valence-electron chi connectivity index (χ1n) is 9.17. The van der Waals surface area contributed by atoms with E-state index in [2.05, 4.69) is 10.6 Å². The van der Waals surface area contributed by atoms with E-state index in [4.69, 9.17) is 0 Å². The fourth-order valence-electron chi connectivity index (χ4n) is 3.60. The number of hydrogen-bond donors (Lipinski definition) is 2. The summed E-state index contributed by atoms with van der Waals surface area (Å²) in [4.78, 5) is 22.9. The van der Waals surface area contributed by atoms with Crippen LogP contribution in [0.2, 0.25) is 0 Å². The second-order valence-corrected chi connectivity index (χ2v) is 8.82. The van der Waals surface area contributed by atoms with Gasteiger partial charge >= 0.3 is 0 Å². The number of nitro groups is 1. The van der Waals surface area contributed by atoms with Crippen molar-refractivity contribution in [3.8, 4) is 0 Å². The molecule has 0 aromatic heterocycles. The Morgan fingerprint density at radius 3 is 2.56 bits per heavy atom. The van der Waals surface area contributed by atoms with Crippen molar-refractivity contribution in [2.75, 3.05) is 19.6 Å². The van der Waals surface area contributed by atoms with Crippen LogP contribution in [-0.4, -0.2) is 55.3 Å². The predicted molar refractivity (Wildman–Crippen MR) is 98.7 cm³/mol. The van der Waals surface area contributed by atoms with E-state index in [0.717, 1.165) is 25.8 Å². The molecule has 10 heteroatoms. The van der Waals surface area contributed by atoms with Crippen molar-refractivity contribution < 1.29 is 18.1 Å². The van der Waals surface area contributed by atoms with E-state index < -0.39 is 21.0 Å². The number of amides is 1. The summed E-state index contributed by atoms with van der Waals surface area (Å²) in [5.74, 6) is -0.270. The third-order valence-corrected chi connectivity index (χ3v) is 6.98. The monoisotopic (exact) mass is 396 g/mol. The van der Waals surface area contributed by atoms with Crippen LogP contribution in [0.4, 0.5) is 5.69 Å². The van der Waals surface area contributed by atoms with Crippen LogP contribution >= 0.6 is 0 Å².